The number of hydrogen-bond donors (Lipinski definition) is 0. The van der Waals surface area contributed by atoms with Crippen molar-refractivity contribution in [2.75, 3.05) is 19.6 Å². The molecule has 0 aromatic heterocycles. The highest BCUT2D eigenvalue weighted by Crippen LogP contribution is 2.11. The van der Waals surface area contributed by atoms with Crippen LogP contribution >= 0.6 is 0 Å². The van der Waals surface area contributed by atoms with Gasteiger partial charge in [0.05, 0.1) is 0 Å². The summed E-state index contributed by atoms with van der Waals surface area (Å²) in [4.78, 5) is 2.67. The number of hydrogen-bond acceptors (Lipinski definition) is 1. The van der Waals surface area contributed by atoms with Crippen molar-refractivity contribution < 1.29 is 0 Å². The average Bonchev–Trinajstić information content (AvgIpc) is 2.63. The normalized spacial score (nSPS) is 11.8. The lowest BCUT2D eigenvalue weighted by Gasteiger charge is -2.20. The number of unbranched alkanes of at least 4 members (excludes halogenated alkanes) is 14. The van der Waals surface area contributed by atoms with Crippen molar-refractivity contribution in [2.24, 2.45) is 0 Å². The highest BCUT2D eigenvalue weighted by molar-refractivity contribution is 4.81. The van der Waals surface area contributed by atoms with Gasteiger partial charge < -0.3 is 0 Å². The third kappa shape index (κ3) is 19.9. The second kappa shape index (κ2) is 21.7. The maximum Gasteiger partial charge on any atom is 0.0163 e. The Hall–Kier alpha value is -0.300. The zero-order valence-electron chi connectivity index (χ0n) is 18.0. The number of rotatable bonds is 20. The van der Waals surface area contributed by atoms with E-state index in [2.05, 4.69) is 37.8 Å². The fourth-order valence-electron chi connectivity index (χ4n) is 3.49. The van der Waals surface area contributed by atoms with Gasteiger partial charge in [0, 0.05) is 6.54 Å². The van der Waals surface area contributed by atoms with E-state index in [0.29, 0.717) is 0 Å². The molecule has 0 spiro atoms. The molecule has 0 amide bonds. The smallest absolute Gasteiger partial charge is 0.0163 e. The molecule has 0 N–H and O–H groups in total. The van der Waals surface area contributed by atoms with Crippen LogP contribution in [0.15, 0.2) is 12.2 Å². The molecular weight excluding hydrogens is 302 g/mol. The predicted molar refractivity (Wildman–Crippen MR) is 116 cm³/mol. The average molecular weight is 352 g/mol. The Balaban J connectivity index is 3.58. The van der Waals surface area contributed by atoms with Crippen LogP contribution in [0, 0.1) is 0 Å². The first kappa shape index (κ1) is 24.7. The standard InChI is InChI=1S/C24H49N/c1-4-7-10-12-14-16-18-20-23-25(22-9-6-3)24-21-19-17-15-13-11-8-5-2/h6,9H,4-5,7-8,10-24H2,1-3H3. The largest absolute Gasteiger partial charge is 0.300 e. The van der Waals surface area contributed by atoms with Crippen LogP contribution in [0.5, 0.6) is 0 Å². The Kier molecular flexibility index (Phi) is 21.5. The summed E-state index contributed by atoms with van der Waals surface area (Å²) in [6.07, 6.45) is 27.3. The summed E-state index contributed by atoms with van der Waals surface area (Å²) in [6, 6.07) is 0. The molecule has 0 radical (unpaired) electrons. The van der Waals surface area contributed by atoms with Crippen molar-refractivity contribution in [2.45, 2.75) is 124 Å². The van der Waals surface area contributed by atoms with E-state index in [0.717, 1.165) is 6.54 Å². The molecule has 1 heteroatoms. The second-order valence-electron chi connectivity index (χ2n) is 7.82. The van der Waals surface area contributed by atoms with Gasteiger partial charge in [0.15, 0.2) is 0 Å². The van der Waals surface area contributed by atoms with Crippen LogP contribution in [-0.2, 0) is 0 Å². The molecule has 0 atom stereocenters. The van der Waals surface area contributed by atoms with Gasteiger partial charge in [0.25, 0.3) is 0 Å². The quantitative estimate of drug-likeness (QED) is 0.158. The van der Waals surface area contributed by atoms with E-state index in [1.807, 2.05) is 0 Å². The van der Waals surface area contributed by atoms with Gasteiger partial charge >= 0.3 is 0 Å². The molecule has 0 saturated carbocycles. The molecule has 25 heavy (non-hydrogen) atoms. The molecule has 0 aromatic rings. The minimum absolute atomic E-state index is 1.16. The first-order chi connectivity index (χ1) is 12.3. The Labute approximate surface area is 160 Å². The first-order valence-electron chi connectivity index (χ1n) is 11.7. The van der Waals surface area contributed by atoms with E-state index >= 15 is 0 Å². The van der Waals surface area contributed by atoms with Crippen LogP contribution in [0.2, 0.25) is 0 Å². The van der Waals surface area contributed by atoms with Crippen molar-refractivity contribution in [1.82, 2.24) is 4.90 Å². The molecule has 0 heterocycles. The first-order valence-corrected chi connectivity index (χ1v) is 11.7. The Morgan fingerprint density at radius 1 is 0.520 bits per heavy atom. The van der Waals surface area contributed by atoms with Crippen molar-refractivity contribution in [3.63, 3.8) is 0 Å². The molecule has 0 bridgehead atoms. The van der Waals surface area contributed by atoms with Crippen LogP contribution in [0.25, 0.3) is 0 Å². The van der Waals surface area contributed by atoms with E-state index in [1.165, 1.54) is 116 Å². The maximum absolute atomic E-state index is 2.67. The van der Waals surface area contributed by atoms with Crippen LogP contribution in [0.3, 0.4) is 0 Å². The molecule has 0 aliphatic carbocycles. The van der Waals surface area contributed by atoms with Gasteiger partial charge in [-0.2, -0.15) is 0 Å². The van der Waals surface area contributed by atoms with Gasteiger partial charge in [0.1, 0.15) is 0 Å². The molecule has 0 aromatic carbocycles. The van der Waals surface area contributed by atoms with Crippen LogP contribution in [-0.4, -0.2) is 24.5 Å². The lowest BCUT2D eigenvalue weighted by molar-refractivity contribution is 0.286. The maximum atomic E-state index is 2.67. The third-order valence-corrected chi connectivity index (χ3v) is 5.26. The second-order valence-corrected chi connectivity index (χ2v) is 7.82. The highest BCUT2D eigenvalue weighted by atomic mass is 15.1. The zero-order chi connectivity index (χ0) is 18.4. The summed E-state index contributed by atoms with van der Waals surface area (Å²) >= 11 is 0. The summed E-state index contributed by atoms with van der Waals surface area (Å²) in [5.41, 5.74) is 0. The SMILES string of the molecule is CC=CCN(CCCCCCCCCC)CCCCCCCCCC. The van der Waals surface area contributed by atoms with Gasteiger partial charge in [-0.25, -0.2) is 0 Å². The zero-order valence-corrected chi connectivity index (χ0v) is 18.0. The van der Waals surface area contributed by atoms with Crippen LogP contribution < -0.4 is 0 Å². The molecule has 0 aliphatic heterocycles. The fourth-order valence-corrected chi connectivity index (χ4v) is 3.49. The van der Waals surface area contributed by atoms with Crippen molar-refractivity contribution in [3.8, 4) is 0 Å². The van der Waals surface area contributed by atoms with E-state index in [1.54, 1.807) is 0 Å². The van der Waals surface area contributed by atoms with Crippen LogP contribution in [0.4, 0.5) is 0 Å². The van der Waals surface area contributed by atoms with Gasteiger partial charge in [-0.3, -0.25) is 4.90 Å². The number of allylic oxidation sites excluding steroid dienone is 1. The summed E-state index contributed by atoms with van der Waals surface area (Å²) < 4.78 is 0. The topological polar surface area (TPSA) is 3.24 Å². The van der Waals surface area contributed by atoms with E-state index < -0.39 is 0 Å². The van der Waals surface area contributed by atoms with E-state index in [4.69, 9.17) is 0 Å². The summed E-state index contributed by atoms with van der Waals surface area (Å²) in [7, 11) is 0. The van der Waals surface area contributed by atoms with Crippen molar-refractivity contribution >= 4 is 0 Å². The molecule has 0 rings (SSSR count). The highest BCUT2D eigenvalue weighted by Gasteiger charge is 2.03. The monoisotopic (exact) mass is 351 g/mol. The number of nitrogens with zero attached hydrogens (tertiary/aromatic N) is 1. The molecule has 0 saturated heterocycles. The minimum atomic E-state index is 1.16. The van der Waals surface area contributed by atoms with Gasteiger partial charge in [-0.1, -0.05) is 116 Å². The predicted octanol–water partition coefficient (Wildman–Crippen LogP) is 8.15. The van der Waals surface area contributed by atoms with E-state index in [-0.39, 0.29) is 0 Å². The third-order valence-electron chi connectivity index (χ3n) is 5.26. The lowest BCUT2D eigenvalue weighted by atomic mass is 10.1. The van der Waals surface area contributed by atoms with E-state index in [9.17, 15) is 0 Å². The van der Waals surface area contributed by atoms with Crippen LogP contribution in [0.1, 0.15) is 124 Å². The Bertz CT molecular complexity index is 239. The van der Waals surface area contributed by atoms with Gasteiger partial charge in [-0.05, 0) is 32.9 Å². The molecule has 0 aliphatic rings. The molecule has 0 fully saturated rings. The lowest BCUT2D eigenvalue weighted by Crippen LogP contribution is -2.26. The summed E-state index contributed by atoms with van der Waals surface area (Å²) in [5, 5.41) is 0. The fraction of sp³-hybridized carbons (Fsp3) is 0.917. The molecule has 1 nitrogen and oxygen atoms in total. The Morgan fingerprint density at radius 3 is 1.24 bits per heavy atom. The molecule has 0 unspecified atom stereocenters. The van der Waals surface area contributed by atoms with Crippen molar-refractivity contribution in [3.05, 3.63) is 12.2 Å². The van der Waals surface area contributed by atoms with Crippen molar-refractivity contribution in [1.29, 1.82) is 0 Å². The molecule has 150 valence electrons. The summed E-state index contributed by atoms with van der Waals surface area (Å²) in [6.45, 7) is 10.5. The Morgan fingerprint density at radius 2 is 0.880 bits per heavy atom. The molecular formula is C24H49N. The van der Waals surface area contributed by atoms with Gasteiger partial charge in [-0.15, -0.1) is 0 Å². The van der Waals surface area contributed by atoms with Gasteiger partial charge in [0.2, 0.25) is 0 Å². The summed E-state index contributed by atoms with van der Waals surface area (Å²) in [5.74, 6) is 0. The minimum Gasteiger partial charge on any atom is -0.300 e.